The lowest BCUT2D eigenvalue weighted by molar-refractivity contribution is 0.0697. The van der Waals surface area contributed by atoms with Crippen LogP contribution < -0.4 is 4.74 Å². The number of carboxylic acids is 1. The molecule has 0 unspecified atom stereocenters. The first kappa shape index (κ1) is 15.9. The summed E-state index contributed by atoms with van der Waals surface area (Å²) in [6.07, 6.45) is 0. The van der Waals surface area contributed by atoms with Gasteiger partial charge in [0.15, 0.2) is 0 Å². The van der Waals surface area contributed by atoms with Crippen LogP contribution in [0.1, 0.15) is 15.9 Å². The molecule has 1 heterocycles. The highest BCUT2D eigenvalue weighted by atomic mass is 16.5. The molecule has 2 N–H and O–H groups in total. The summed E-state index contributed by atoms with van der Waals surface area (Å²) in [5.74, 6) is 0.516. The Labute approximate surface area is 149 Å². The van der Waals surface area contributed by atoms with Gasteiger partial charge < -0.3 is 14.8 Å². The van der Waals surface area contributed by atoms with E-state index < -0.39 is 5.97 Å². The van der Waals surface area contributed by atoms with Crippen molar-refractivity contribution in [3.05, 3.63) is 83.9 Å². The van der Waals surface area contributed by atoms with Gasteiger partial charge in [-0.15, -0.1) is 0 Å². The molecule has 0 aliphatic heterocycles. The number of hydrogen-bond donors (Lipinski definition) is 2. The van der Waals surface area contributed by atoms with E-state index in [1.807, 2.05) is 54.6 Å². The molecule has 0 amide bonds. The molecule has 3 aromatic carbocycles. The van der Waals surface area contributed by atoms with Gasteiger partial charge in [0.1, 0.15) is 18.2 Å². The second kappa shape index (κ2) is 6.72. The highest BCUT2D eigenvalue weighted by Gasteiger charge is 2.09. The van der Waals surface area contributed by atoms with Crippen LogP contribution in [-0.4, -0.2) is 21.0 Å². The fourth-order valence-electron chi connectivity index (χ4n) is 2.73. The molecule has 0 saturated carbocycles. The normalized spacial score (nSPS) is 10.8. The number of aromatic nitrogens is 2. The van der Waals surface area contributed by atoms with Gasteiger partial charge in [-0.1, -0.05) is 30.3 Å². The van der Waals surface area contributed by atoms with E-state index in [9.17, 15) is 4.79 Å². The summed E-state index contributed by atoms with van der Waals surface area (Å²) in [5.41, 5.74) is 3.68. The van der Waals surface area contributed by atoms with E-state index >= 15 is 0 Å². The minimum Gasteiger partial charge on any atom is -0.489 e. The number of rotatable bonds is 5. The molecule has 0 spiro atoms. The smallest absolute Gasteiger partial charge is 0.335 e. The number of carboxylic acid groups (broad SMARTS) is 1. The van der Waals surface area contributed by atoms with E-state index in [1.165, 1.54) is 0 Å². The minimum absolute atomic E-state index is 0.234. The summed E-state index contributed by atoms with van der Waals surface area (Å²) in [4.78, 5) is 18.8. The number of hydrogen-bond acceptors (Lipinski definition) is 3. The van der Waals surface area contributed by atoms with Gasteiger partial charge in [-0.3, -0.25) is 0 Å². The summed E-state index contributed by atoms with van der Waals surface area (Å²) >= 11 is 0. The van der Waals surface area contributed by atoms with E-state index in [1.54, 1.807) is 18.2 Å². The molecule has 0 aliphatic carbocycles. The molecule has 0 saturated heterocycles. The number of imidazole rings is 1. The van der Waals surface area contributed by atoms with Crippen LogP contribution in [0.3, 0.4) is 0 Å². The first-order chi connectivity index (χ1) is 12.7. The lowest BCUT2D eigenvalue weighted by Gasteiger charge is -2.06. The van der Waals surface area contributed by atoms with Gasteiger partial charge in [0.25, 0.3) is 0 Å². The molecule has 1 aromatic heterocycles. The Hall–Kier alpha value is -3.60. The fraction of sp³-hybridized carbons (Fsp3) is 0.0476. The molecule has 4 aromatic rings. The van der Waals surface area contributed by atoms with Gasteiger partial charge in [0.2, 0.25) is 0 Å². The van der Waals surface area contributed by atoms with Gasteiger partial charge in [-0.05, 0) is 48.0 Å². The highest BCUT2D eigenvalue weighted by Crippen LogP contribution is 2.24. The predicted molar refractivity (Wildman–Crippen MR) is 99.3 cm³/mol. The number of benzene rings is 3. The molecule has 0 radical (unpaired) electrons. The van der Waals surface area contributed by atoms with Crippen molar-refractivity contribution in [2.24, 2.45) is 0 Å². The monoisotopic (exact) mass is 344 g/mol. The fourth-order valence-corrected chi connectivity index (χ4v) is 2.73. The molecule has 128 valence electrons. The van der Waals surface area contributed by atoms with E-state index in [-0.39, 0.29) is 5.56 Å². The van der Waals surface area contributed by atoms with Gasteiger partial charge in [-0.25, -0.2) is 9.78 Å². The average molecular weight is 344 g/mol. The average Bonchev–Trinajstić information content (AvgIpc) is 3.11. The van der Waals surface area contributed by atoms with Crippen LogP contribution in [-0.2, 0) is 6.61 Å². The van der Waals surface area contributed by atoms with Crippen LogP contribution in [0, 0.1) is 0 Å². The molecule has 0 atom stereocenters. The molecular weight excluding hydrogens is 328 g/mol. The van der Waals surface area contributed by atoms with Crippen molar-refractivity contribution in [3.8, 4) is 17.1 Å². The third kappa shape index (κ3) is 3.28. The number of aromatic amines is 1. The summed E-state index contributed by atoms with van der Waals surface area (Å²) in [5, 5.41) is 9.08. The number of nitrogens with one attached hydrogen (secondary N) is 1. The van der Waals surface area contributed by atoms with Crippen LogP contribution >= 0.6 is 0 Å². The predicted octanol–water partition coefficient (Wildman–Crippen LogP) is 4.51. The van der Waals surface area contributed by atoms with Crippen molar-refractivity contribution in [2.45, 2.75) is 6.61 Å². The number of H-pyrrole nitrogens is 1. The maximum absolute atomic E-state index is 11.1. The third-order valence-electron chi connectivity index (χ3n) is 4.10. The molecule has 5 heteroatoms. The van der Waals surface area contributed by atoms with Gasteiger partial charge in [0.05, 0.1) is 16.6 Å². The van der Waals surface area contributed by atoms with E-state index in [0.29, 0.717) is 17.9 Å². The Bertz CT molecular complexity index is 1050. The first-order valence-corrected chi connectivity index (χ1v) is 8.19. The number of aromatic carboxylic acids is 1. The topological polar surface area (TPSA) is 75.2 Å². The molecule has 5 nitrogen and oxygen atoms in total. The van der Waals surface area contributed by atoms with Crippen molar-refractivity contribution >= 4 is 17.0 Å². The van der Waals surface area contributed by atoms with Gasteiger partial charge in [0, 0.05) is 5.56 Å². The second-order valence-electron chi connectivity index (χ2n) is 5.92. The zero-order valence-electron chi connectivity index (χ0n) is 13.8. The van der Waals surface area contributed by atoms with Gasteiger partial charge in [-0.2, -0.15) is 0 Å². The Morgan fingerprint density at radius 2 is 1.77 bits per heavy atom. The van der Waals surface area contributed by atoms with E-state index in [0.717, 1.165) is 22.4 Å². The van der Waals surface area contributed by atoms with E-state index in [4.69, 9.17) is 9.84 Å². The zero-order chi connectivity index (χ0) is 17.9. The Morgan fingerprint density at radius 3 is 2.50 bits per heavy atom. The number of ether oxygens (including phenoxy) is 1. The Kier molecular flexibility index (Phi) is 4.11. The summed E-state index contributed by atoms with van der Waals surface area (Å²) in [6, 6.07) is 22.5. The maximum atomic E-state index is 11.1. The van der Waals surface area contributed by atoms with Gasteiger partial charge >= 0.3 is 5.97 Å². The van der Waals surface area contributed by atoms with Crippen molar-refractivity contribution < 1.29 is 14.6 Å². The number of fused-ring (bicyclic) bond motifs is 1. The minimum atomic E-state index is -0.956. The molecule has 0 fully saturated rings. The van der Waals surface area contributed by atoms with Crippen LogP contribution in [0.4, 0.5) is 0 Å². The quantitative estimate of drug-likeness (QED) is 0.559. The number of carbonyl (C=O) groups is 1. The highest BCUT2D eigenvalue weighted by molar-refractivity contribution is 5.93. The maximum Gasteiger partial charge on any atom is 0.335 e. The second-order valence-corrected chi connectivity index (χ2v) is 5.92. The third-order valence-corrected chi connectivity index (χ3v) is 4.10. The number of nitrogens with zero attached hydrogens (tertiary/aromatic N) is 1. The van der Waals surface area contributed by atoms with Crippen LogP contribution in [0.15, 0.2) is 72.8 Å². The van der Waals surface area contributed by atoms with E-state index in [2.05, 4.69) is 9.97 Å². The summed E-state index contributed by atoms with van der Waals surface area (Å²) in [6.45, 7) is 0.517. The SMILES string of the molecule is O=C(O)c1ccc2nc(-c3ccc(OCc4ccccc4)cc3)[nH]c2c1. The molecule has 4 rings (SSSR count). The molecule has 0 aliphatic rings. The van der Waals surface area contributed by atoms with Crippen molar-refractivity contribution in [2.75, 3.05) is 0 Å². The Morgan fingerprint density at radius 1 is 1.00 bits per heavy atom. The van der Waals surface area contributed by atoms with Crippen molar-refractivity contribution in [3.63, 3.8) is 0 Å². The van der Waals surface area contributed by atoms with Crippen molar-refractivity contribution in [1.29, 1.82) is 0 Å². The lowest BCUT2D eigenvalue weighted by atomic mass is 10.2. The molecule has 26 heavy (non-hydrogen) atoms. The van der Waals surface area contributed by atoms with Crippen LogP contribution in [0.25, 0.3) is 22.4 Å². The van der Waals surface area contributed by atoms with Crippen molar-refractivity contribution in [1.82, 2.24) is 9.97 Å². The standard InChI is InChI=1S/C21H16N2O3/c24-21(25)16-8-11-18-19(12-16)23-20(22-18)15-6-9-17(10-7-15)26-13-14-4-2-1-3-5-14/h1-12H,13H2,(H,22,23)(H,24,25). The molecular formula is C21H16N2O3. The lowest BCUT2D eigenvalue weighted by Crippen LogP contribution is -1.94. The Balaban J connectivity index is 1.53. The molecule has 0 bridgehead atoms. The van der Waals surface area contributed by atoms with Crippen LogP contribution in [0.2, 0.25) is 0 Å². The first-order valence-electron chi connectivity index (χ1n) is 8.19. The van der Waals surface area contributed by atoms with Crippen LogP contribution in [0.5, 0.6) is 5.75 Å². The summed E-state index contributed by atoms with van der Waals surface area (Å²) < 4.78 is 5.79. The zero-order valence-corrected chi connectivity index (χ0v) is 13.8. The largest absolute Gasteiger partial charge is 0.489 e. The summed E-state index contributed by atoms with van der Waals surface area (Å²) in [7, 11) is 0.